The molecule has 0 unspecified atom stereocenters. The SMILES string of the molecule is C[C@@H]1CN(c2nc3c(c(=O)[nH]2)CCN(Cc2ccc(N4CCCCC4)cc2)C3)C[C@@H](C)O1. The van der Waals surface area contributed by atoms with E-state index in [-0.39, 0.29) is 17.8 Å². The van der Waals surface area contributed by atoms with E-state index >= 15 is 0 Å². The number of benzene rings is 1. The van der Waals surface area contributed by atoms with E-state index in [0.717, 1.165) is 50.4 Å². The van der Waals surface area contributed by atoms with Crippen molar-refractivity contribution in [1.29, 1.82) is 0 Å². The molecule has 3 aliphatic rings. The molecule has 0 aliphatic carbocycles. The van der Waals surface area contributed by atoms with E-state index < -0.39 is 0 Å². The molecule has 2 atom stereocenters. The number of hydrogen-bond donors (Lipinski definition) is 1. The zero-order valence-electron chi connectivity index (χ0n) is 19.3. The van der Waals surface area contributed by atoms with Gasteiger partial charge in [0.15, 0.2) is 0 Å². The van der Waals surface area contributed by atoms with Crippen molar-refractivity contribution in [3.05, 3.63) is 51.4 Å². The molecule has 1 aromatic heterocycles. The second-order valence-corrected chi connectivity index (χ2v) is 9.65. The molecule has 0 saturated carbocycles. The van der Waals surface area contributed by atoms with Gasteiger partial charge >= 0.3 is 0 Å². The zero-order valence-corrected chi connectivity index (χ0v) is 19.3. The number of ether oxygens (including phenoxy) is 1. The number of nitrogens with one attached hydrogen (secondary N) is 1. The summed E-state index contributed by atoms with van der Waals surface area (Å²) in [5.74, 6) is 0.684. The van der Waals surface area contributed by atoms with Crippen LogP contribution in [0, 0.1) is 0 Å². The second-order valence-electron chi connectivity index (χ2n) is 9.65. The minimum atomic E-state index is 0.0160. The monoisotopic (exact) mass is 437 g/mol. The van der Waals surface area contributed by atoms with Crippen molar-refractivity contribution >= 4 is 11.6 Å². The van der Waals surface area contributed by atoms with E-state index in [2.05, 4.69) is 57.8 Å². The van der Waals surface area contributed by atoms with Crippen LogP contribution in [-0.2, 0) is 24.2 Å². The fraction of sp³-hybridized carbons (Fsp3) is 0.600. The highest BCUT2D eigenvalue weighted by Gasteiger charge is 2.27. The van der Waals surface area contributed by atoms with Crippen LogP contribution >= 0.6 is 0 Å². The van der Waals surface area contributed by atoms with Gasteiger partial charge in [-0.25, -0.2) is 4.98 Å². The highest BCUT2D eigenvalue weighted by molar-refractivity contribution is 5.48. The summed E-state index contributed by atoms with van der Waals surface area (Å²) in [5.41, 5.74) is 4.44. The predicted molar refractivity (Wildman–Crippen MR) is 127 cm³/mol. The van der Waals surface area contributed by atoms with Crippen LogP contribution in [0.3, 0.4) is 0 Å². The third-order valence-electron chi connectivity index (χ3n) is 6.92. The van der Waals surface area contributed by atoms with Crippen LogP contribution < -0.4 is 15.4 Å². The second kappa shape index (κ2) is 9.24. The number of piperidine rings is 1. The lowest BCUT2D eigenvalue weighted by Crippen LogP contribution is -2.47. The molecule has 0 bridgehead atoms. The minimum Gasteiger partial charge on any atom is -0.372 e. The number of H-pyrrole nitrogens is 1. The van der Waals surface area contributed by atoms with Gasteiger partial charge in [0.2, 0.25) is 5.95 Å². The molecule has 3 aliphatic heterocycles. The lowest BCUT2D eigenvalue weighted by Gasteiger charge is -2.36. The Morgan fingerprint density at radius 1 is 1.00 bits per heavy atom. The Morgan fingerprint density at radius 3 is 2.44 bits per heavy atom. The maximum absolute atomic E-state index is 12.8. The van der Waals surface area contributed by atoms with Gasteiger partial charge < -0.3 is 14.5 Å². The van der Waals surface area contributed by atoms with E-state index in [1.165, 1.54) is 43.6 Å². The van der Waals surface area contributed by atoms with Crippen molar-refractivity contribution < 1.29 is 4.74 Å². The summed E-state index contributed by atoms with van der Waals surface area (Å²) in [4.78, 5) is 27.7. The van der Waals surface area contributed by atoms with Crippen LogP contribution in [0.1, 0.15) is 49.9 Å². The number of aromatic nitrogens is 2. The van der Waals surface area contributed by atoms with Crippen LogP contribution in [0.5, 0.6) is 0 Å². The topological polar surface area (TPSA) is 64.7 Å². The number of nitrogens with zero attached hydrogens (tertiary/aromatic N) is 4. The molecule has 1 aromatic carbocycles. The number of aromatic amines is 1. The lowest BCUT2D eigenvalue weighted by molar-refractivity contribution is -0.00576. The van der Waals surface area contributed by atoms with E-state index in [1.54, 1.807) is 0 Å². The number of morpholine rings is 1. The molecule has 7 heteroatoms. The Kier molecular flexibility index (Phi) is 6.20. The van der Waals surface area contributed by atoms with Crippen LogP contribution in [0.2, 0.25) is 0 Å². The fourth-order valence-electron chi connectivity index (χ4n) is 5.34. The summed E-state index contributed by atoms with van der Waals surface area (Å²) in [5, 5.41) is 0. The van der Waals surface area contributed by atoms with E-state index in [4.69, 9.17) is 9.72 Å². The highest BCUT2D eigenvalue weighted by Crippen LogP contribution is 2.23. The van der Waals surface area contributed by atoms with Gasteiger partial charge in [0.25, 0.3) is 5.56 Å². The lowest BCUT2D eigenvalue weighted by atomic mass is 10.1. The molecule has 2 fully saturated rings. The van der Waals surface area contributed by atoms with Gasteiger partial charge in [-0.05, 0) is 57.2 Å². The first kappa shape index (κ1) is 21.5. The number of anilines is 2. The Morgan fingerprint density at radius 2 is 1.72 bits per heavy atom. The van der Waals surface area contributed by atoms with Crippen LogP contribution in [0.15, 0.2) is 29.1 Å². The molecule has 2 aromatic rings. The Hall–Kier alpha value is -2.38. The summed E-state index contributed by atoms with van der Waals surface area (Å²) in [7, 11) is 0. The number of hydrogen-bond acceptors (Lipinski definition) is 6. The number of fused-ring (bicyclic) bond motifs is 1. The molecule has 2 saturated heterocycles. The third kappa shape index (κ3) is 4.69. The van der Waals surface area contributed by atoms with Gasteiger partial charge in [-0.2, -0.15) is 0 Å². The molecule has 0 amide bonds. The maximum atomic E-state index is 12.8. The average Bonchev–Trinajstić information content (AvgIpc) is 2.79. The molecular formula is C25H35N5O2. The van der Waals surface area contributed by atoms with Gasteiger partial charge in [0.05, 0.1) is 17.9 Å². The average molecular weight is 438 g/mol. The normalized spacial score (nSPS) is 24.4. The Bertz CT molecular complexity index is 973. The maximum Gasteiger partial charge on any atom is 0.255 e. The highest BCUT2D eigenvalue weighted by atomic mass is 16.5. The molecule has 5 rings (SSSR count). The molecule has 0 spiro atoms. The standard InChI is InChI=1S/C25H35N5O2/c1-18-14-30(15-19(2)32-18)25-26-23-17-28(13-10-22(23)24(31)27-25)16-20-6-8-21(9-7-20)29-11-4-3-5-12-29/h6-9,18-19H,3-5,10-17H2,1-2H3,(H,26,27,31)/t18-,19-/m1/s1. The summed E-state index contributed by atoms with van der Waals surface area (Å²) in [6.07, 6.45) is 4.96. The molecule has 1 N–H and O–H groups in total. The van der Waals surface area contributed by atoms with Crippen LogP contribution in [0.4, 0.5) is 11.6 Å². The van der Waals surface area contributed by atoms with Crippen LogP contribution in [0.25, 0.3) is 0 Å². The van der Waals surface area contributed by atoms with E-state index in [0.29, 0.717) is 5.95 Å². The first-order valence-corrected chi connectivity index (χ1v) is 12.1. The van der Waals surface area contributed by atoms with Gasteiger partial charge in [-0.3, -0.25) is 14.7 Å². The molecule has 7 nitrogen and oxygen atoms in total. The summed E-state index contributed by atoms with van der Waals surface area (Å²) in [6.45, 7) is 10.5. The molecule has 4 heterocycles. The largest absolute Gasteiger partial charge is 0.372 e. The predicted octanol–water partition coefficient (Wildman–Crippen LogP) is 2.93. The first-order chi connectivity index (χ1) is 15.5. The van der Waals surface area contributed by atoms with Crippen molar-refractivity contribution in [2.75, 3.05) is 42.5 Å². The van der Waals surface area contributed by atoms with Crippen molar-refractivity contribution in [2.45, 2.75) is 64.8 Å². The van der Waals surface area contributed by atoms with Crippen molar-refractivity contribution in [1.82, 2.24) is 14.9 Å². The first-order valence-electron chi connectivity index (χ1n) is 12.1. The quantitative estimate of drug-likeness (QED) is 0.794. The van der Waals surface area contributed by atoms with Gasteiger partial charge in [-0.1, -0.05) is 12.1 Å². The third-order valence-corrected chi connectivity index (χ3v) is 6.92. The number of rotatable bonds is 4. The van der Waals surface area contributed by atoms with E-state index in [1.807, 2.05) is 0 Å². The van der Waals surface area contributed by atoms with Crippen LogP contribution in [-0.4, -0.2) is 59.8 Å². The molecule has 32 heavy (non-hydrogen) atoms. The Labute approximate surface area is 190 Å². The van der Waals surface area contributed by atoms with E-state index in [9.17, 15) is 4.79 Å². The molecular weight excluding hydrogens is 402 g/mol. The fourth-order valence-corrected chi connectivity index (χ4v) is 5.34. The van der Waals surface area contributed by atoms with Gasteiger partial charge in [0, 0.05) is 57.1 Å². The summed E-state index contributed by atoms with van der Waals surface area (Å²) >= 11 is 0. The minimum absolute atomic E-state index is 0.0160. The smallest absolute Gasteiger partial charge is 0.255 e. The summed E-state index contributed by atoms with van der Waals surface area (Å²) in [6, 6.07) is 9.04. The summed E-state index contributed by atoms with van der Waals surface area (Å²) < 4.78 is 5.84. The van der Waals surface area contributed by atoms with Crippen molar-refractivity contribution in [3.63, 3.8) is 0 Å². The zero-order chi connectivity index (χ0) is 22.1. The van der Waals surface area contributed by atoms with Gasteiger partial charge in [0.1, 0.15) is 0 Å². The Balaban J connectivity index is 1.27. The molecule has 172 valence electrons. The molecule has 0 radical (unpaired) electrons. The van der Waals surface area contributed by atoms with Crippen molar-refractivity contribution in [2.24, 2.45) is 0 Å². The van der Waals surface area contributed by atoms with Crippen molar-refractivity contribution in [3.8, 4) is 0 Å². The van der Waals surface area contributed by atoms with Gasteiger partial charge in [-0.15, -0.1) is 0 Å².